The van der Waals surface area contributed by atoms with Crippen molar-refractivity contribution in [1.82, 2.24) is 10.2 Å². The van der Waals surface area contributed by atoms with Crippen molar-refractivity contribution in [3.05, 3.63) is 28.2 Å². The predicted octanol–water partition coefficient (Wildman–Crippen LogP) is 3.67. The number of hydrogen-bond acceptors (Lipinski definition) is 3. The number of halogens is 1. The largest absolute Gasteiger partial charge is 0.496 e. The number of rotatable bonds is 7. The van der Waals surface area contributed by atoms with Crippen LogP contribution in [-0.4, -0.2) is 36.4 Å². The minimum absolute atomic E-state index is 0.0544. The number of carbonyl (C=O) groups is 2. The fourth-order valence-electron chi connectivity index (χ4n) is 3.36. The number of likely N-dealkylation sites (tertiary alicyclic amines) is 1. The summed E-state index contributed by atoms with van der Waals surface area (Å²) in [6.45, 7) is 6.63. The van der Waals surface area contributed by atoms with Gasteiger partial charge in [-0.3, -0.25) is 9.59 Å². The molecule has 1 aromatic rings. The number of methoxy groups -OCH3 is 1. The van der Waals surface area contributed by atoms with Crippen molar-refractivity contribution in [3.8, 4) is 5.75 Å². The Morgan fingerprint density at radius 2 is 2.08 bits per heavy atom. The van der Waals surface area contributed by atoms with Gasteiger partial charge in [0.25, 0.3) is 0 Å². The predicted molar refractivity (Wildman–Crippen MR) is 101 cm³/mol. The SMILES string of the molecule is CCC(CC)N1CC(C(=O)NC(C)c2ccc(OC)c(Br)c2)CC1=O. The summed E-state index contributed by atoms with van der Waals surface area (Å²) >= 11 is 3.47. The third-order valence-electron chi connectivity index (χ3n) is 4.95. The average molecular weight is 411 g/mol. The number of benzene rings is 1. The molecule has 1 N–H and O–H groups in total. The first-order valence-corrected chi connectivity index (χ1v) is 9.63. The Hall–Kier alpha value is -1.56. The second-order valence-electron chi connectivity index (χ2n) is 6.54. The maximum absolute atomic E-state index is 12.6. The number of carbonyl (C=O) groups excluding carboxylic acids is 2. The van der Waals surface area contributed by atoms with E-state index in [9.17, 15) is 9.59 Å². The standard InChI is InChI=1S/C19H27BrN2O3/c1-5-15(6-2)22-11-14(10-18(22)23)19(24)21-12(3)13-7-8-17(25-4)16(20)9-13/h7-9,12,14-15H,5-6,10-11H2,1-4H3,(H,21,24). The van der Waals surface area contributed by atoms with Crippen molar-refractivity contribution >= 4 is 27.7 Å². The van der Waals surface area contributed by atoms with Gasteiger partial charge in [-0.2, -0.15) is 0 Å². The van der Waals surface area contributed by atoms with Gasteiger partial charge in [-0.05, 0) is 53.4 Å². The normalized spacial score (nSPS) is 18.6. The zero-order valence-corrected chi connectivity index (χ0v) is 16.9. The lowest BCUT2D eigenvalue weighted by Gasteiger charge is -2.26. The van der Waals surface area contributed by atoms with Crippen LogP contribution < -0.4 is 10.1 Å². The number of amides is 2. The molecule has 1 fully saturated rings. The Morgan fingerprint density at radius 3 is 2.64 bits per heavy atom. The van der Waals surface area contributed by atoms with Gasteiger partial charge >= 0.3 is 0 Å². The van der Waals surface area contributed by atoms with Crippen molar-refractivity contribution in [3.63, 3.8) is 0 Å². The van der Waals surface area contributed by atoms with Crippen LogP contribution in [-0.2, 0) is 9.59 Å². The molecule has 6 heteroatoms. The fraction of sp³-hybridized carbons (Fsp3) is 0.579. The van der Waals surface area contributed by atoms with E-state index in [0.29, 0.717) is 13.0 Å². The second kappa shape index (κ2) is 8.70. The van der Waals surface area contributed by atoms with Crippen LogP contribution in [0.2, 0.25) is 0 Å². The molecule has 2 atom stereocenters. The third kappa shape index (κ3) is 4.54. The van der Waals surface area contributed by atoms with E-state index in [1.54, 1.807) is 7.11 Å². The summed E-state index contributed by atoms with van der Waals surface area (Å²) in [5, 5.41) is 3.04. The summed E-state index contributed by atoms with van der Waals surface area (Å²) in [5.41, 5.74) is 0.988. The van der Waals surface area contributed by atoms with Crippen molar-refractivity contribution < 1.29 is 14.3 Å². The van der Waals surface area contributed by atoms with Gasteiger partial charge < -0.3 is 15.0 Å². The van der Waals surface area contributed by atoms with Crippen LogP contribution in [0.1, 0.15) is 51.6 Å². The topological polar surface area (TPSA) is 58.6 Å². The molecule has 0 spiro atoms. The van der Waals surface area contributed by atoms with E-state index in [1.807, 2.05) is 30.0 Å². The Morgan fingerprint density at radius 1 is 1.40 bits per heavy atom. The van der Waals surface area contributed by atoms with Gasteiger partial charge in [-0.15, -0.1) is 0 Å². The van der Waals surface area contributed by atoms with Gasteiger partial charge in [0.1, 0.15) is 5.75 Å². The van der Waals surface area contributed by atoms with Crippen LogP contribution in [0.15, 0.2) is 22.7 Å². The molecule has 0 radical (unpaired) electrons. The van der Waals surface area contributed by atoms with Gasteiger partial charge in [-0.25, -0.2) is 0 Å². The molecule has 1 aliphatic heterocycles. The molecule has 2 unspecified atom stereocenters. The molecule has 0 saturated carbocycles. The molecule has 1 aliphatic rings. The quantitative estimate of drug-likeness (QED) is 0.745. The highest BCUT2D eigenvalue weighted by atomic mass is 79.9. The van der Waals surface area contributed by atoms with Crippen LogP contribution in [0.25, 0.3) is 0 Å². The highest BCUT2D eigenvalue weighted by molar-refractivity contribution is 9.10. The molecule has 0 aliphatic carbocycles. The van der Waals surface area contributed by atoms with Crippen LogP contribution in [0, 0.1) is 5.92 Å². The lowest BCUT2D eigenvalue weighted by molar-refractivity contribution is -0.130. The minimum Gasteiger partial charge on any atom is -0.496 e. The summed E-state index contributed by atoms with van der Waals surface area (Å²) < 4.78 is 6.08. The monoisotopic (exact) mass is 410 g/mol. The number of hydrogen-bond donors (Lipinski definition) is 1. The smallest absolute Gasteiger partial charge is 0.225 e. The van der Waals surface area contributed by atoms with Crippen molar-refractivity contribution in [2.75, 3.05) is 13.7 Å². The third-order valence-corrected chi connectivity index (χ3v) is 5.57. The molecule has 0 aromatic heterocycles. The highest BCUT2D eigenvalue weighted by Crippen LogP contribution is 2.29. The average Bonchev–Trinajstić information content (AvgIpc) is 2.98. The van der Waals surface area contributed by atoms with E-state index >= 15 is 0 Å². The van der Waals surface area contributed by atoms with Crippen LogP contribution in [0.5, 0.6) is 5.75 Å². The lowest BCUT2D eigenvalue weighted by Crippen LogP contribution is -2.38. The summed E-state index contributed by atoms with van der Waals surface area (Å²) in [6.07, 6.45) is 2.15. The molecule has 1 aromatic carbocycles. The zero-order chi connectivity index (χ0) is 18.6. The highest BCUT2D eigenvalue weighted by Gasteiger charge is 2.37. The molecule has 1 saturated heterocycles. The zero-order valence-electron chi connectivity index (χ0n) is 15.3. The maximum Gasteiger partial charge on any atom is 0.225 e. The van der Waals surface area contributed by atoms with E-state index in [1.165, 1.54) is 0 Å². The van der Waals surface area contributed by atoms with E-state index in [0.717, 1.165) is 28.6 Å². The first-order chi connectivity index (χ1) is 11.9. The fourth-order valence-corrected chi connectivity index (χ4v) is 3.91. The Labute approximate surface area is 158 Å². The summed E-state index contributed by atoms with van der Waals surface area (Å²) in [4.78, 5) is 26.7. The Balaban J connectivity index is 2.00. The van der Waals surface area contributed by atoms with E-state index in [-0.39, 0.29) is 29.8 Å². The minimum atomic E-state index is -0.266. The van der Waals surface area contributed by atoms with Crippen molar-refractivity contribution in [2.45, 2.75) is 52.1 Å². The molecular formula is C19H27BrN2O3. The van der Waals surface area contributed by atoms with Crippen molar-refractivity contribution in [1.29, 1.82) is 0 Å². The van der Waals surface area contributed by atoms with Crippen molar-refractivity contribution in [2.24, 2.45) is 5.92 Å². The Bertz CT molecular complexity index is 631. The second-order valence-corrected chi connectivity index (χ2v) is 7.40. The number of nitrogens with zero attached hydrogens (tertiary/aromatic N) is 1. The van der Waals surface area contributed by atoms with E-state index in [2.05, 4.69) is 35.1 Å². The molecule has 5 nitrogen and oxygen atoms in total. The number of ether oxygens (including phenoxy) is 1. The summed E-state index contributed by atoms with van der Waals surface area (Å²) in [7, 11) is 1.62. The molecule has 0 bridgehead atoms. The van der Waals surface area contributed by atoms with Crippen LogP contribution >= 0.6 is 15.9 Å². The first kappa shape index (κ1) is 19.8. The Kier molecular flexibility index (Phi) is 6.87. The van der Waals surface area contributed by atoms with E-state index in [4.69, 9.17) is 4.74 Å². The summed E-state index contributed by atoms with van der Waals surface area (Å²) in [5.74, 6) is 0.525. The molecule has 1 heterocycles. The van der Waals surface area contributed by atoms with Gasteiger partial charge in [-0.1, -0.05) is 19.9 Å². The van der Waals surface area contributed by atoms with E-state index < -0.39 is 0 Å². The first-order valence-electron chi connectivity index (χ1n) is 8.84. The molecule has 2 rings (SSSR count). The lowest BCUT2D eigenvalue weighted by atomic mass is 10.0. The molecular weight excluding hydrogens is 384 g/mol. The molecule has 25 heavy (non-hydrogen) atoms. The molecule has 2 amide bonds. The molecule has 138 valence electrons. The summed E-state index contributed by atoms with van der Waals surface area (Å²) in [6, 6.07) is 5.85. The van der Waals surface area contributed by atoms with Crippen LogP contribution in [0.4, 0.5) is 0 Å². The van der Waals surface area contributed by atoms with Gasteiger partial charge in [0, 0.05) is 19.0 Å². The van der Waals surface area contributed by atoms with Gasteiger partial charge in [0.2, 0.25) is 11.8 Å². The maximum atomic E-state index is 12.6. The van der Waals surface area contributed by atoms with Crippen LogP contribution in [0.3, 0.4) is 0 Å². The van der Waals surface area contributed by atoms with Gasteiger partial charge in [0.05, 0.1) is 23.5 Å². The number of nitrogens with one attached hydrogen (secondary N) is 1. The van der Waals surface area contributed by atoms with Gasteiger partial charge in [0.15, 0.2) is 0 Å².